The Bertz CT molecular complexity index is 1020. The second-order valence-electron chi connectivity index (χ2n) is 7.54. The summed E-state index contributed by atoms with van der Waals surface area (Å²) < 4.78 is 43.7. The number of methoxy groups -OCH3 is 1. The van der Waals surface area contributed by atoms with Crippen LogP contribution >= 0.6 is 0 Å². The second-order valence-corrected chi connectivity index (χ2v) is 7.54. The fraction of sp³-hybridized carbons (Fsp3) is 0.280. The standard InChI is InChI=1S/C25H26F3N3O2/c1-29-24(32)23(18-6-4-3-5-7-18)31-21(19-11-15-22(33-2)30-16-19)14-10-17-8-12-20(13-9-17)25(26,27)28/h3-9,11-13,15-16,21,23,31H,10,14H2,1-2H3,(H,29,32)/t21-,23+/m0/s1. The van der Waals surface area contributed by atoms with Crippen LogP contribution in [0.1, 0.15) is 40.8 Å². The third-order valence-corrected chi connectivity index (χ3v) is 5.38. The van der Waals surface area contributed by atoms with Crippen LogP contribution in [0.5, 0.6) is 5.88 Å². The van der Waals surface area contributed by atoms with E-state index in [0.717, 1.165) is 28.8 Å². The topological polar surface area (TPSA) is 63.2 Å². The number of pyridine rings is 1. The number of alkyl halides is 3. The van der Waals surface area contributed by atoms with Crippen LogP contribution in [0.15, 0.2) is 72.9 Å². The van der Waals surface area contributed by atoms with Crippen LogP contribution in [-0.2, 0) is 17.4 Å². The Hall–Kier alpha value is -3.39. The molecule has 0 saturated carbocycles. The molecule has 33 heavy (non-hydrogen) atoms. The first-order chi connectivity index (χ1) is 15.8. The number of benzene rings is 2. The number of aryl methyl sites for hydroxylation is 1. The summed E-state index contributed by atoms with van der Waals surface area (Å²) in [5.74, 6) is 0.272. The van der Waals surface area contributed by atoms with Gasteiger partial charge in [0.15, 0.2) is 0 Å². The first-order valence-electron chi connectivity index (χ1n) is 10.5. The molecule has 2 atom stereocenters. The quantitative estimate of drug-likeness (QED) is 0.482. The minimum atomic E-state index is -4.37. The molecule has 2 aromatic carbocycles. The van der Waals surface area contributed by atoms with E-state index in [9.17, 15) is 18.0 Å². The summed E-state index contributed by atoms with van der Waals surface area (Å²) in [4.78, 5) is 16.9. The van der Waals surface area contributed by atoms with Gasteiger partial charge in [0, 0.05) is 25.4 Å². The summed E-state index contributed by atoms with van der Waals surface area (Å²) >= 11 is 0. The molecule has 1 amide bonds. The zero-order valence-corrected chi connectivity index (χ0v) is 18.4. The molecule has 0 aliphatic heterocycles. The Morgan fingerprint density at radius 2 is 1.70 bits per heavy atom. The Morgan fingerprint density at radius 1 is 1.00 bits per heavy atom. The van der Waals surface area contributed by atoms with Gasteiger partial charge in [0.05, 0.1) is 12.7 Å². The first kappa shape index (κ1) is 24.3. The zero-order chi connectivity index (χ0) is 23.8. The highest BCUT2D eigenvalue weighted by molar-refractivity contribution is 5.83. The number of rotatable bonds is 9. The van der Waals surface area contributed by atoms with Crippen LogP contribution in [0.25, 0.3) is 0 Å². The summed E-state index contributed by atoms with van der Waals surface area (Å²) in [5.41, 5.74) is 1.74. The van der Waals surface area contributed by atoms with Crippen molar-refractivity contribution in [3.05, 3.63) is 95.2 Å². The largest absolute Gasteiger partial charge is 0.481 e. The second kappa shape index (κ2) is 11.0. The van der Waals surface area contributed by atoms with Crippen molar-refractivity contribution in [2.45, 2.75) is 31.1 Å². The monoisotopic (exact) mass is 457 g/mol. The molecular weight excluding hydrogens is 431 g/mol. The van der Waals surface area contributed by atoms with E-state index in [4.69, 9.17) is 4.74 Å². The van der Waals surface area contributed by atoms with Crippen LogP contribution in [0.3, 0.4) is 0 Å². The van der Waals surface area contributed by atoms with Gasteiger partial charge in [0.25, 0.3) is 0 Å². The first-order valence-corrected chi connectivity index (χ1v) is 10.5. The molecule has 1 heterocycles. The number of aromatic nitrogens is 1. The zero-order valence-electron chi connectivity index (χ0n) is 18.4. The Labute approximate surface area is 191 Å². The van der Waals surface area contributed by atoms with Gasteiger partial charge in [-0.2, -0.15) is 13.2 Å². The number of likely N-dealkylation sites (N-methyl/N-ethyl adjacent to an activating group) is 1. The normalized spacial score (nSPS) is 13.2. The van der Waals surface area contributed by atoms with Crippen molar-refractivity contribution in [1.82, 2.24) is 15.6 Å². The van der Waals surface area contributed by atoms with Crippen molar-refractivity contribution in [3.8, 4) is 5.88 Å². The highest BCUT2D eigenvalue weighted by Crippen LogP contribution is 2.30. The highest BCUT2D eigenvalue weighted by atomic mass is 19.4. The number of nitrogens with one attached hydrogen (secondary N) is 2. The SMILES string of the molecule is CNC(=O)[C@H](N[C@@H](CCc1ccc(C(F)(F)F)cc1)c1ccc(OC)nc1)c1ccccc1. The minimum Gasteiger partial charge on any atom is -0.481 e. The van der Waals surface area contributed by atoms with Crippen LogP contribution in [0.2, 0.25) is 0 Å². The van der Waals surface area contributed by atoms with Crippen LogP contribution < -0.4 is 15.4 Å². The Kier molecular flexibility index (Phi) is 8.06. The summed E-state index contributed by atoms with van der Waals surface area (Å²) in [7, 11) is 3.10. The molecule has 0 unspecified atom stereocenters. The van der Waals surface area contributed by atoms with Gasteiger partial charge in [-0.1, -0.05) is 48.5 Å². The fourth-order valence-electron chi connectivity index (χ4n) is 3.55. The molecule has 3 rings (SSSR count). The number of hydrogen-bond acceptors (Lipinski definition) is 4. The van der Waals surface area contributed by atoms with E-state index in [0.29, 0.717) is 18.7 Å². The molecule has 0 aliphatic carbocycles. The molecular formula is C25H26F3N3O2. The molecule has 8 heteroatoms. The maximum absolute atomic E-state index is 12.9. The molecule has 0 saturated heterocycles. The minimum absolute atomic E-state index is 0.192. The van der Waals surface area contributed by atoms with Gasteiger partial charge in [-0.25, -0.2) is 4.98 Å². The number of hydrogen-bond donors (Lipinski definition) is 2. The molecule has 2 N–H and O–H groups in total. The van der Waals surface area contributed by atoms with E-state index in [2.05, 4.69) is 15.6 Å². The lowest BCUT2D eigenvalue weighted by Crippen LogP contribution is -2.38. The van der Waals surface area contributed by atoms with E-state index in [-0.39, 0.29) is 11.9 Å². The van der Waals surface area contributed by atoms with Gasteiger partial charge >= 0.3 is 6.18 Å². The van der Waals surface area contributed by atoms with Crippen molar-refractivity contribution in [3.63, 3.8) is 0 Å². The van der Waals surface area contributed by atoms with E-state index < -0.39 is 17.8 Å². The van der Waals surface area contributed by atoms with E-state index in [1.165, 1.54) is 19.2 Å². The van der Waals surface area contributed by atoms with E-state index >= 15 is 0 Å². The van der Waals surface area contributed by atoms with Crippen molar-refractivity contribution >= 4 is 5.91 Å². The van der Waals surface area contributed by atoms with Crippen molar-refractivity contribution < 1.29 is 22.7 Å². The number of carbonyl (C=O) groups is 1. The van der Waals surface area contributed by atoms with Gasteiger partial charge < -0.3 is 10.1 Å². The fourth-order valence-corrected chi connectivity index (χ4v) is 3.55. The lowest BCUT2D eigenvalue weighted by molar-refractivity contribution is -0.137. The van der Waals surface area contributed by atoms with Gasteiger partial charge in [-0.3, -0.25) is 10.1 Å². The molecule has 1 aromatic heterocycles. The average Bonchev–Trinajstić information content (AvgIpc) is 2.84. The number of ether oxygens (including phenoxy) is 1. The Balaban J connectivity index is 1.84. The molecule has 5 nitrogen and oxygen atoms in total. The maximum atomic E-state index is 12.9. The lowest BCUT2D eigenvalue weighted by atomic mass is 9.97. The molecule has 0 fully saturated rings. The molecule has 0 radical (unpaired) electrons. The number of halogens is 3. The van der Waals surface area contributed by atoms with E-state index in [1.807, 2.05) is 36.4 Å². The van der Waals surface area contributed by atoms with Crippen LogP contribution in [-0.4, -0.2) is 25.0 Å². The van der Waals surface area contributed by atoms with Gasteiger partial charge in [0.1, 0.15) is 6.04 Å². The number of carbonyl (C=O) groups excluding carboxylic acids is 1. The molecule has 0 bridgehead atoms. The molecule has 174 valence electrons. The van der Waals surface area contributed by atoms with Gasteiger partial charge in [-0.05, 0) is 41.7 Å². The van der Waals surface area contributed by atoms with Gasteiger partial charge in [-0.15, -0.1) is 0 Å². The average molecular weight is 457 g/mol. The van der Waals surface area contributed by atoms with Crippen LogP contribution in [0, 0.1) is 0 Å². The van der Waals surface area contributed by atoms with Crippen molar-refractivity contribution in [2.75, 3.05) is 14.2 Å². The summed E-state index contributed by atoms with van der Waals surface area (Å²) in [5, 5.41) is 6.10. The van der Waals surface area contributed by atoms with Crippen molar-refractivity contribution in [1.29, 1.82) is 0 Å². The van der Waals surface area contributed by atoms with E-state index in [1.54, 1.807) is 19.3 Å². The third kappa shape index (κ3) is 6.55. The van der Waals surface area contributed by atoms with Crippen molar-refractivity contribution in [2.24, 2.45) is 0 Å². The van der Waals surface area contributed by atoms with Gasteiger partial charge in [0.2, 0.25) is 11.8 Å². The van der Waals surface area contributed by atoms with Crippen LogP contribution in [0.4, 0.5) is 13.2 Å². The third-order valence-electron chi connectivity index (χ3n) is 5.38. The Morgan fingerprint density at radius 3 is 2.24 bits per heavy atom. The lowest BCUT2D eigenvalue weighted by Gasteiger charge is -2.26. The molecule has 3 aromatic rings. The number of nitrogens with zero attached hydrogens (tertiary/aromatic N) is 1. The predicted molar refractivity (Wildman–Crippen MR) is 120 cm³/mol. The summed E-state index contributed by atoms with van der Waals surface area (Å²) in [6.07, 6.45) is -1.64. The molecule has 0 spiro atoms. The maximum Gasteiger partial charge on any atom is 0.416 e. The summed E-state index contributed by atoms with van der Waals surface area (Å²) in [6.45, 7) is 0. The smallest absolute Gasteiger partial charge is 0.416 e. The highest BCUT2D eigenvalue weighted by Gasteiger charge is 2.30. The predicted octanol–water partition coefficient (Wildman–Crippen LogP) is 4.86. The summed E-state index contributed by atoms with van der Waals surface area (Å²) in [6, 6.07) is 17.2. The molecule has 0 aliphatic rings. The number of amides is 1.